The summed E-state index contributed by atoms with van der Waals surface area (Å²) < 4.78 is 5.27. The van der Waals surface area contributed by atoms with Crippen LogP contribution in [0.3, 0.4) is 0 Å². The maximum absolute atomic E-state index is 11.7. The molecule has 0 aromatic carbocycles. The van der Waals surface area contributed by atoms with Gasteiger partial charge in [0.1, 0.15) is 23.5 Å². The van der Waals surface area contributed by atoms with Gasteiger partial charge in [-0.1, -0.05) is 13.8 Å². The van der Waals surface area contributed by atoms with E-state index in [-0.39, 0.29) is 5.97 Å². The monoisotopic (exact) mass is 351 g/mol. The molecule has 0 saturated carbocycles. The number of fused-ring (bicyclic) bond motifs is 1. The summed E-state index contributed by atoms with van der Waals surface area (Å²) in [4.78, 5) is 29.5. The molecule has 0 unspecified atom stereocenters. The molecule has 0 bridgehead atoms. The van der Waals surface area contributed by atoms with Gasteiger partial charge in [0.25, 0.3) is 0 Å². The fourth-order valence-corrected chi connectivity index (χ4v) is 3.25. The van der Waals surface area contributed by atoms with Gasteiger partial charge in [-0.15, -0.1) is 11.8 Å². The van der Waals surface area contributed by atoms with Gasteiger partial charge in [-0.05, 0) is 31.7 Å². The summed E-state index contributed by atoms with van der Waals surface area (Å²) in [6.07, 6.45) is 5.39. The second kappa shape index (κ2) is 10.2. The number of thioether (sulfide) groups is 1. The zero-order valence-corrected chi connectivity index (χ0v) is 15.1. The number of carbonyl (C=O) groups is 1. The Kier molecular flexibility index (Phi) is 7.97. The average molecular weight is 351 g/mol. The number of likely N-dealkylation sites (N-methyl/N-ethyl adjacent to an activating group) is 1. The standard InChI is InChI=1S/C16H25N5O2S/c1-3-21(4-2)8-9-23-13(22)7-5-6-10-24-16-14-15(18-11-17-14)19-12-20-16/h11-12H,3-10H2,1-2H3,(H,17,18,19,20). The fourth-order valence-electron chi connectivity index (χ4n) is 2.29. The number of hydrogen-bond acceptors (Lipinski definition) is 7. The first-order valence-electron chi connectivity index (χ1n) is 8.39. The van der Waals surface area contributed by atoms with Gasteiger partial charge in [-0.2, -0.15) is 0 Å². The van der Waals surface area contributed by atoms with Gasteiger partial charge in [0.05, 0.1) is 6.33 Å². The van der Waals surface area contributed by atoms with Crippen molar-refractivity contribution in [1.29, 1.82) is 0 Å². The van der Waals surface area contributed by atoms with E-state index in [9.17, 15) is 4.79 Å². The summed E-state index contributed by atoms with van der Waals surface area (Å²) in [6.45, 7) is 7.47. The summed E-state index contributed by atoms with van der Waals surface area (Å²) in [5.74, 6) is 0.794. The van der Waals surface area contributed by atoms with Crippen LogP contribution < -0.4 is 0 Å². The Balaban J connectivity index is 1.58. The Bertz CT molecular complexity index is 630. The van der Waals surface area contributed by atoms with E-state index < -0.39 is 0 Å². The van der Waals surface area contributed by atoms with E-state index in [1.807, 2.05) is 0 Å². The topological polar surface area (TPSA) is 84.0 Å². The van der Waals surface area contributed by atoms with E-state index in [0.29, 0.717) is 18.7 Å². The summed E-state index contributed by atoms with van der Waals surface area (Å²) in [5, 5.41) is 0.902. The molecule has 2 heterocycles. The molecule has 2 rings (SSSR count). The molecule has 0 radical (unpaired) electrons. The molecule has 0 fully saturated rings. The number of nitrogens with zero attached hydrogens (tertiary/aromatic N) is 4. The van der Waals surface area contributed by atoms with Gasteiger partial charge in [0, 0.05) is 13.0 Å². The SMILES string of the molecule is CCN(CC)CCOC(=O)CCCCSc1ncnc2nc[nH]c12. The Labute approximate surface area is 146 Å². The Morgan fingerprint density at radius 3 is 2.88 bits per heavy atom. The minimum absolute atomic E-state index is 0.106. The van der Waals surface area contributed by atoms with Crippen molar-refractivity contribution in [3.05, 3.63) is 12.7 Å². The van der Waals surface area contributed by atoms with E-state index in [1.165, 1.54) is 6.33 Å². The summed E-state index contributed by atoms with van der Waals surface area (Å²) in [5.41, 5.74) is 1.56. The molecule has 0 aliphatic heterocycles. The van der Waals surface area contributed by atoms with Crippen molar-refractivity contribution in [2.75, 3.05) is 32.0 Å². The van der Waals surface area contributed by atoms with Crippen LogP contribution in [0.1, 0.15) is 33.1 Å². The lowest BCUT2D eigenvalue weighted by Gasteiger charge is -2.17. The van der Waals surface area contributed by atoms with Crippen molar-refractivity contribution in [1.82, 2.24) is 24.8 Å². The normalized spacial score (nSPS) is 11.3. The number of aromatic amines is 1. The molecule has 0 aliphatic rings. The van der Waals surface area contributed by atoms with Crippen molar-refractivity contribution in [3.8, 4) is 0 Å². The van der Waals surface area contributed by atoms with E-state index in [0.717, 1.165) is 48.8 Å². The number of nitrogens with one attached hydrogen (secondary N) is 1. The number of imidazole rings is 1. The smallest absolute Gasteiger partial charge is 0.305 e. The fraction of sp³-hybridized carbons (Fsp3) is 0.625. The predicted molar refractivity (Wildman–Crippen MR) is 95.0 cm³/mol. The third-order valence-electron chi connectivity index (χ3n) is 3.77. The first-order valence-corrected chi connectivity index (χ1v) is 9.38. The molecule has 0 amide bonds. The predicted octanol–water partition coefficient (Wildman–Crippen LogP) is 2.50. The third kappa shape index (κ3) is 5.76. The highest BCUT2D eigenvalue weighted by atomic mass is 32.2. The summed E-state index contributed by atoms with van der Waals surface area (Å²) in [7, 11) is 0. The van der Waals surface area contributed by atoms with Crippen molar-refractivity contribution < 1.29 is 9.53 Å². The van der Waals surface area contributed by atoms with Crippen molar-refractivity contribution in [3.63, 3.8) is 0 Å². The molecule has 1 N–H and O–H groups in total. The molecule has 0 spiro atoms. The Morgan fingerprint density at radius 1 is 1.25 bits per heavy atom. The van der Waals surface area contributed by atoms with Crippen LogP contribution in [0.25, 0.3) is 11.2 Å². The lowest BCUT2D eigenvalue weighted by molar-refractivity contribution is -0.144. The molecule has 0 atom stereocenters. The van der Waals surface area contributed by atoms with E-state index >= 15 is 0 Å². The first kappa shape index (κ1) is 18.7. The van der Waals surface area contributed by atoms with Gasteiger partial charge in [-0.25, -0.2) is 15.0 Å². The zero-order chi connectivity index (χ0) is 17.2. The lowest BCUT2D eigenvalue weighted by Crippen LogP contribution is -2.27. The molecule has 2 aromatic heterocycles. The number of rotatable bonds is 11. The summed E-state index contributed by atoms with van der Waals surface area (Å²) in [6, 6.07) is 0. The van der Waals surface area contributed by atoms with E-state index in [2.05, 4.69) is 38.7 Å². The molecule has 132 valence electrons. The number of carbonyl (C=O) groups excluding carboxylic acids is 1. The Morgan fingerprint density at radius 2 is 2.08 bits per heavy atom. The van der Waals surface area contributed by atoms with Gasteiger partial charge in [0.2, 0.25) is 0 Å². The van der Waals surface area contributed by atoms with Crippen LogP contribution in [0, 0.1) is 0 Å². The first-order chi connectivity index (χ1) is 11.7. The maximum atomic E-state index is 11.7. The molecular weight excluding hydrogens is 326 g/mol. The zero-order valence-electron chi connectivity index (χ0n) is 14.3. The highest BCUT2D eigenvalue weighted by molar-refractivity contribution is 7.99. The van der Waals surface area contributed by atoms with Gasteiger partial charge < -0.3 is 14.6 Å². The lowest BCUT2D eigenvalue weighted by atomic mass is 10.2. The number of ether oxygens (including phenoxy) is 1. The van der Waals surface area contributed by atoms with Crippen LogP contribution in [-0.4, -0.2) is 62.8 Å². The van der Waals surface area contributed by atoms with Crippen LogP contribution in [0.2, 0.25) is 0 Å². The minimum Gasteiger partial charge on any atom is -0.464 e. The molecule has 8 heteroatoms. The average Bonchev–Trinajstić information content (AvgIpc) is 3.08. The highest BCUT2D eigenvalue weighted by Gasteiger charge is 2.07. The van der Waals surface area contributed by atoms with E-state index in [1.54, 1.807) is 18.1 Å². The van der Waals surface area contributed by atoms with Crippen molar-refractivity contribution in [2.45, 2.75) is 38.1 Å². The molecule has 2 aromatic rings. The maximum Gasteiger partial charge on any atom is 0.305 e. The largest absolute Gasteiger partial charge is 0.464 e. The van der Waals surface area contributed by atoms with Gasteiger partial charge in [0.15, 0.2) is 5.65 Å². The van der Waals surface area contributed by atoms with Crippen LogP contribution in [0.15, 0.2) is 17.7 Å². The quantitative estimate of drug-likeness (QED) is 0.288. The van der Waals surface area contributed by atoms with Crippen LogP contribution in [-0.2, 0) is 9.53 Å². The third-order valence-corrected chi connectivity index (χ3v) is 4.84. The number of H-pyrrole nitrogens is 1. The molecule has 24 heavy (non-hydrogen) atoms. The minimum atomic E-state index is -0.106. The van der Waals surface area contributed by atoms with Crippen molar-refractivity contribution in [2.24, 2.45) is 0 Å². The number of aromatic nitrogens is 4. The van der Waals surface area contributed by atoms with Crippen LogP contribution in [0.4, 0.5) is 0 Å². The second-order valence-corrected chi connectivity index (χ2v) is 6.42. The molecular formula is C16H25N5O2S. The number of unbranched alkanes of at least 4 members (excludes halogenated alkanes) is 1. The molecule has 7 nitrogen and oxygen atoms in total. The highest BCUT2D eigenvalue weighted by Crippen LogP contribution is 2.22. The second-order valence-electron chi connectivity index (χ2n) is 5.33. The van der Waals surface area contributed by atoms with Crippen molar-refractivity contribution >= 4 is 28.9 Å². The Hall–Kier alpha value is -1.67. The molecule has 0 aliphatic carbocycles. The van der Waals surface area contributed by atoms with Crippen LogP contribution >= 0.6 is 11.8 Å². The number of esters is 1. The van der Waals surface area contributed by atoms with E-state index in [4.69, 9.17) is 4.74 Å². The van der Waals surface area contributed by atoms with Gasteiger partial charge >= 0.3 is 5.97 Å². The molecule has 0 saturated heterocycles. The number of hydrogen-bond donors (Lipinski definition) is 1. The van der Waals surface area contributed by atoms with Crippen LogP contribution in [0.5, 0.6) is 0 Å². The van der Waals surface area contributed by atoms with Gasteiger partial charge in [-0.3, -0.25) is 4.79 Å². The summed E-state index contributed by atoms with van der Waals surface area (Å²) >= 11 is 1.65.